The number of hydrogen-bond donors (Lipinski definition) is 0. The molecule has 0 aromatic rings. The fourth-order valence-electron chi connectivity index (χ4n) is 0.493. The summed E-state index contributed by atoms with van der Waals surface area (Å²) in [4.78, 5) is 28.7. The monoisotopic (exact) mass is 193 g/mol. The lowest BCUT2D eigenvalue weighted by Gasteiger charge is -2.04. The minimum atomic E-state index is -3.78. The van der Waals surface area contributed by atoms with Crippen molar-refractivity contribution in [1.82, 2.24) is 0 Å². The van der Waals surface area contributed by atoms with Crippen LogP contribution < -0.4 is 0 Å². The van der Waals surface area contributed by atoms with Gasteiger partial charge in [-0.05, 0) is 0 Å². The summed E-state index contributed by atoms with van der Waals surface area (Å²) in [5.74, 6) is -3.78. The fourth-order valence-corrected chi connectivity index (χ4v) is 0.493. The van der Waals surface area contributed by atoms with Crippen molar-refractivity contribution in [2.75, 3.05) is 6.54 Å². The fraction of sp³-hybridized carbons (Fsp3) is 0.750. The molecule has 0 amide bonds. The Bertz CT molecular complexity index is 259. The minimum Gasteiger partial charge on any atom is -0.256 e. The first-order valence-electron chi connectivity index (χ1n) is 2.96. The van der Waals surface area contributed by atoms with Crippen LogP contribution in [0.4, 0.5) is 4.39 Å². The second kappa shape index (κ2) is 4.21. The molecule has 13 heavy (non-hydrogen) atoms. The van der Waals surface area contributed by atoms with Gasteiger partial charge in [-0.15, -0.1) is 0 Å². The second-order valence-electron chi connectivity index (χ2n) is 1.96. The van der Waals surface area contributed by atoms with E-state index in [9.17, 15) is 29.4 Å². The summed E-state index contributed by atoms with van der Waals surface area (Å²) in [6, 6.07) is 0. The highest BCUT2D eigenvalue weighted by Crippen LogP contribution is 2.17. The van der Waals surface area contributed by atoms with Gasteiger partial charge in [0.15, 0.2) is 0 Å². The first kappa shape index (κ1) is 11.1. The zero-order valence-electron chi connectivity index (χ0n) is 6.18. The summed E-state index contributed by atoms with van der Waals surface area (Å²) in [6.45, 7) is -0.651. The van der Waals surface area contributed by atoms with Crippen LogP contribution in [0.5, 0.6) is 0 Å². The summed E-state index contributed by atoms with van der Waals surface area (Å²) in [5.41, 5.74) is 0. The summed E-state index contributed by atoms with van der Waals surface area (Å²) < 4.78 is 12.8. The molecule has 0 aliphatic carbocycles. The second-order valence-corrected chi connectivity index (χ2v) is 1.96. The lowest BCUT2D eigenvalue weighted by Crippen LogP contribution is -2.42. The van der Waals surface area contributed by atoms with Gasteiger partial charge in [0, 0.05) is 0 Å². The topological polar surface area (TPSA) is 116 Å². The molecule has 0 bridgehead atoms. The molecule has 0 saturated carbocycles. The highest BCUT2D eigenvalue weighted by molar-refractivity contribution is 5.32. The van der Waals surface area contributed by atoms with E-state index in [0.717, 1.165) is 6.08 Å². The predicted molar refractivity (Wildman–Crippen MR) is 35.4 cm³/mol. The summed E-state index contributed by atoms with van der Waals surface area (Å²) in [5, 5.41) is 19.8. The van der Waals surface area contributed by atoms with E-state index >= 15 is 0 Å². The number of halogens is 1. The van der Waals surface area contributed by atoms with E-state index in [1.54, 1.807) is 0 Å². The normalized spacial score (nSPS) is 10.2. The van der Waals surface area contributed by atoms with Crippen LogP contribution in [0.3, 0.4) is 0 Å². The molecule has 0 heterocycles. The number of nitro groups is 2. The Morgan fingerprint density at radius 1 is 1.38 bits per heavy atom. The van der Waals surface area contributed by atoms with Crippen LogP contribution >= 0.6 is 0 Å². The number of aliphatic imine (C=N–C) groups is 1. The maximum absolute atomic E-state index is 12.8. The summed E-state index contributed by atoms with van der Waals surface area (Å²) in [6.07, 6.45) is -0.114. The van der Waals surface area contributed by atoms with Gasteiger partial charge in [-0.25, -0.2) is 9.79 Å². The highest BCUT2D eigenvalue weighted by Gasteiger charge is 2.57. The Hall–Kier alpha value is -1.89. The van der Waals surface area contributed by atoms with Gasteiger partial charge in [-0.3, -0.25) is 20.2 Å². The third kappa shape index (κ3) is 2.56. The number of carbonyl (C=O) groups excluding carboxylic acids is 1. The van der Waals surface area contributed by atoms with Crippen molar-refractivity contribution in [2.45, 2.75) is 12.3 Å². The number of hydrogen-bond acceptors (Lipinski definition) is 6. The van der Waals surface area contributed by atoms with Crippen LogP contribution in [0.15, 0.2) is 4.99 Å². The Kier molecular flexibility index (Phi) is 3.60. The summed E-state index contributed by atoms with van der Waals surface area (Å²) >= 11 is 0. The Balaban J connectivity index is 4.52. The van der Waals surface area contributed by atoms with Crippen LogP contribution in [0.1, 0.15) is 6.42 Å². The zero-order valence-corrected chi connectivity index (χ0v) is 6.18. The van der Waals surface area contributed by atoms with E-state index in [2.05, 4.69) is 4.99 Å². The molecular weight excluding hydrogens is 189 g/mol. The van der Waals surface area contributed by atoms with E-state index in [1.165, 1.54) is 0 Å². The lowest BCUT2D eigenvalue weighted by molar-refractivity contribution is -0.831. The van der Waals surface area contributed by atoms with Gasteiger partial charge < -0.3 is 0 Å². The van der Waals surface area contributed by atoms with E-state index in [4.69, 9.17) is 0 Å². The van der Waals surface area contributed by atoms with E-state index in [-0.39, 0.29) is 0 Å². The van der Waals surface area contributed by atoms with Crippen molar-refractivity contribution >= 4 is 6.08 Å². The van der Waals surface area contributed by atoms with E-state index in [1.807, 2.05) is 0 Å². The third-order valence-corrected chi connectivity index (χ3v) is 1.17. The zero-order chi connectivity index (χ0) is 10.5. The number of nitrogens with zero attached hydrogens (tertiary/aromatic N) is 3. The molecule has 9 heteroatoms. The number of isocyanates is 1. The SMILES string of the molecule is O=C=NCCC(F)([N+](=O)[O-])[N+](=O)[O-]. The van der Waals surface area contributed by atoms with Crippen LogP contribution in [0, 0.1) is 20.2 Å². The molecule has 0 N–H and O–H groups in total. The minimum absolute atomic E-state index is 0.651. The Morgan fingerprint density at radius 3 is 2.15 bits per heavy atom. The van der Waals surface area contributed by atoms with Crippen molar-refractivity contribution in [3.05, 3.63) is 20.2 Å². The molecule has 0 spiro atoms. The molecule has 8 nitrogen and oxygen atoms in total. The quantitative estimate of drug-likeness (QED) is 0.151. The average Bonchev–Trinajstić information content (AvgIpc) is 2.03. The third-order valence-electron chi connectivity index (χ3n) is 1.17. The van der Waals surface area contributed by atoms with Crippen LogP contribution in [0.2, 0.25) is 0 Å². The van der Waals surface area contributed by atoms with Crippen molar-refractivity contribution in [3.63, 3.8) is 0 Å². The van der Waals surface area contributed by atoms with Crippen molar-refractivity contribution in [3.8, 4) is 0 Å². The molecule has 0 saturated heterocycles. The lowest BCUT2D eigenvalue weighted by atomic mass is 10.3. The average molecular weight is 193 g/mol. The standard InChI is InChI=1S/C4H4FN3O5/c5-4(7(10)11,8(12)13)1-2-6-3-9/h1-2H2. The molecule has 0 radical (unpaired) electrons. The summed E-state index contributed by atoms with van der Waals surface area (Å²) in [7, 11) is 0. The molecule has 0 aromatic carbocycles. The van der Waals surface area contributed by atoms with Crippen molar-refractivity contribution < 1.29 is 19.0 Å². The molecule has 0 rings (SSSR count). The molecule has 72 valence electrons. The number of alkyl halides is 1. The van der Waals surface area contributed by atoms with Gasteiger partial charge in [0.2, 0.25) is 6.08 Å². The molecule has 0 aliphatic heterocycles. The molecule has 0 aromatic heterocycles. The van der Waals surface area contributed by atoms with Gasteiger partial charge in [0.1, 0.15) is 16.3 Å². The molecular formula is C4H4FN3O5. The highest BCUT2D eigenvalue weighted by atomic mass is 19.2. The maximum Gasteiger partial charge on any atom is 0.615 e. The van der Waals surface area contributed by atoms with Crippen LogP contribution in [0.25, 0.3) is 0 Å². The van der Waals surface area contributed by atoms with Crippen molar-refractivity contribution in [1.29, 1.82) is 0 Å². The van der Waals surface area contributed by atoms with Crippen molar-refractivity contribution in [2.24, 2.45) is 4.99 Å². The maximum atomic E-state index is 12.8. The predicted octanol–water partition coefficient (Wildman–Crippen LogP) is -0.111. The van der Waals surface area contributed by atoms with Gasteiger partial charge in [-0.2, -0.15) is 0 Å². The molecule has 0 fully saturated rings. The first-order chi connectivity index (χ1) is 5.95. The van der Waals surface area contributed by atoms with Gasteiger partial charge in [0.25, 0.3) is 0 Å². The smallest absolute Gasteiger partial charge is 0.256 e. The van der Waals surface area contributed by atoms with E-state index in [0.29, 0.717) is 0 Å². The van der Waals surface area contributed by atoms with Crippen LogP contribution in [-0.4, -0.2) is 28.4 Å². The van der Waals surface area contributed by atoms with Gasteiger partial charge in [-0.1, -0.05) is 4.39 Å². The Labute approximate surface area is 70.4 Å². The molecule has 0 atom stereocenters. The largest absolute Gasteiger partial charge is 0.615 e. The molecule has 0 unspecified atom stereocenters. The van der Waals surface area contributed by atoms with Crippen LogP contribution in [-0.2, 0) is 4.79 Å². The van der Waals surface area contributed by atoms with Gasteiger partial charge in [0.05, 0.1) is 6.54 Å². The van der Waals surface area contributed by atoms with E-state index < -0.39 is 28.7 Å². The first-order valence-corrected chi connectivity index (χ1v) is 2.96. The molecule has 0 aliphatic rings. The number of rotatable bonds is 5. The Morgan fingerprint density at radius 2 is 1.85 bits per heavy atom. The van der Waals surface area contributed by atoms with Gasteiger partial charge >= 0.3 is 5.92 Å².